The molecule has 2 rings (SSSR count). The van der Waals surface area contributed by atoms with E-state index in [1.165, 1.54) is 0 Å². The summed E-state index contributed by atoms with van der Waals surface area (Å²) in [5.74, 6) is 0.460. The molecule has 2 aromatic carbocycles. The molecule has 3 heteroatoms. The molecule has 0 unspecified atom stereocenters. The summed E-state index contributed by atoms with van der Waals surface area (Å²) in [4.78, 5) is 0. The van der Waals surface area contributed by atoms with Gasteiger partial charge in [-0.2, -0.15) is 0 Å². The number of benzene rings is 2. The minimum absolute atomic E-state index is 0.460. The Kier molecular flexibility index (Phi) is 3.91. The lowest BCUT2D eigenvalue weighted by Crippen LogP contribution is -1.88. The molecule has 0 amide bonds. The van der Waals surface area contributed by atoms with E-state index >= 15 is 0 Å². The van der Waals surface area contributed by atoms with Gasteiger partial charge in [0, 0.05) is 20.9 Å². The third-order valence-electron chi connectivity index (χ3n) is 2.42. The molecular formula is C13H9BrCl2. The van der Waals surface area contributed by atoms with Crippen LogP contribution in [0, 0.1) is 0 Å². The Bertz CT molecular complexity index is 509. The average molecular weight is 316 g/mol. The quantitative estimate of drug-likeness (QED) is 0.641. The zero-order valence-corrected chi connectivity index (χ0v) is 11.5. The van der Waals surface area contributed by atoms with E-state index < -0.39 is 0 Å². The molecule has 0 aliphatic rings. The van der Waals surface area contributed by atoms with Crippen molar-refractivity contribution in [3.8, 4) is 11.1 Å². The van der Waals surface area contributed by atoms with Crippen molar-refractivity contribution in [2.45, 2.75) is 5.88 Å². The van der Waals surface area contributed by atoms with Crippen molar-refractivity contribution < 1.29 is 0 Å². The van der Waals surface area contributed by atoms with Gasteiger partial charge in [-0.3, -0.25) is 0 Å². The lowest BCUT2D eigenvalue weighted by Gasteiger charge is -2.10. The normalized spacial score (nSPS) is 10.4. The van der Waals surface area contributed by atoms with Gasteiger partial charge in [-0.1, -0.05) is 57.9 Å². The minimum Gasteiger partial charge on any atom is -0.121 e. The van der Waals surface area contributed by atoms with E-state index in [1.54, 1.807) is 0 Å². The zero-order chi connectivity index (χ0) is 11.5. The zero-order valence-electron chi connectivity index (χ0n) is 8.38. The fourth-order valence-electron chi connectivity index (χ4n) is 1.63. The van der Waals surface area contributed by atoms with Gasteiger partial charge in [0.15, 0.2) is 0 Å². The van der Waals surface area contributed by atoms with Crippen LogP contribution in [0.2, 0.25) is 5.02 Å². The average Bonchev–Trinajstić information content (AvgIpc) is 2.29. The molecule has 0 nitrogen and oxygen atoms in total. The fraction of sp³-hybridized carbons (Fsp3) is 0.0769. The lowest BCUT2D eigenvalue weighted by atomic mass is 10.0. The third kappa shape index (κ3) is 2.27. The summed E-state index contributed by atoms with van der Waals surface area (Å²) in [6.45, 7) is 0. The summed E-state index contributed by atoms with van der Waals surface area (Å²) in [6, 6.07) is 13.8. The molecule has 0 heterocycles. The van der Waals surface area contributed by atoms with E-state index in [1.807, 2.05) is 42.5 Å². The number of hydrogen-bond acceptors (Lipinski definition) is 0. The summed E-state index contributed by atoms with van der Waals surface area (Å²) in [5.41, 5.74) is 3.16. The van der Waals surface area contributed by atoms with Crippen molar-refractivity contribution in [2.24, 2.45) is 0 Å². The Hall–Kier alpha value is -0.500. The van der Waals surface area contributed by atoms with E-state index in [9.17, 15) is 0 Å². The molecule has 0 saturated heterocycles. The lowest BCUT2D eigenvalue weighted by molar-refractivity contribution is 1.37. The maximum Gasteiger partial charge on any atom is 0.0491 e. The van der Waals surface area contributed by atoms with Crippen LogP contribution in [-0.2, 0) is 5.88 Å². The van der Waals surface area contributed by atoms with Crippen LogP contribution in [0.1, 0.15) is 5.56 Å². The highest BCUT2D eigenvalue weighted by molar-refractivity contribution is 9.10. The van der Waals surface area contributed by atoms with Crippen LogP contribution in [0.15, 0.2) is 46.9 Å². The Morgan fingerprint density at radius 2 is 1.62 bits per heavy atom. The van der Waals surface area contributed by atoms with Crippen LogP contribution >= 0.6 is 39.1 Å². The van der Waals surface area contributed by atoms with Crippen molar-refractivity contribution in [3.05, 3.63) is 57.5 Å². The van der Waals surface area contributed by atoms with E-state index in [2.05, 4.69) is 15.9 Å². The van der Waals surface area contributed by atoms with Crippen molar-refractivity contribution in [1.29, 1.82) is 0 Å². The van der Waals surface area contributed by atoms with Crippen molar-refractivity contribution in [2.75, 3.05) is 0 Å². The first-order chi connectivity index (χ1) is 7.74. The van der Waals surface area contributed by atoms with E-state index in [-0.39, 0.29) is 0 Å². The molecule has 16 heavy (non-hydrogen) atoms. The smallest absolute Gasteiger partial charge is 0.0491 e. The Labute approximate surface area is 113 Å². The van der Waals surface area contributed by atoms with Gasteiger partial charge in [0.2, 0.25) is 0 Å². The van der Waals surface area contributed by atoms with E-state index in [0.717, 1.165) is 26.2 Å². The maximum atomic E-state index is 6.18. The second kappa shape index (κ2) is 5.22. The molecule has 0 aliphatic carbocycles. The Morgan fingerprint density at radius 3 is 2.31 bits per heavy atom. The largest absolute Gasteiger partial charge is 0.121 e. The van der Waals surface area contributed by atoms with Crippen LogP contribution in [0.5, 0.6) is 0 Å². The fourth-order valence-corrected chi connectivity index (χ4v) is 2.82. The SMILES string of the molecule is ClCc1c(Br)cccc1-c1ccccc1Cl. The van der Waals surface area contributed by atoms with Crippen molar-refractivity contribution in [3.63, 3.8) is 0 Å². The van der Waals surface area contributed by atoms with Gasteiger partial charge in [-0.25, -0.2) is 0 Å². The summed E-state index contributed by atoms with van der Waals surface area (Å²) in [7, 11) is 0. The van der Waals surface area contributed by atoms with Crippen LogP contribution in [0.4, 0.5) is 0 Å². The molecule has 0 N–H and O–H groups in total. The molecule has 0 fully saturated rings. The van der Waals surface area contributed by atoms with Gasteiger partial charge in [0.25, 0.3) is 0 Å². The van der Waals surface area contributed by atoms with Crippen LogP contribution in [0.25, 0.3) is 11.1 Å². The highest BCUT2D eigenvalue weighted by Crippen LogP contribution is 2.34. The molecule has 0 radical (unpaired) electrons. The van der Waals surface area contributed by atoms with Crippen molar-refractivity contribution >= 4 is 39.1 Å². The molecule has 0 saturated carbocycles. The molecule has 0 bridgehead atoms. The summed E-state index contributed by atoms with van der Waals surface area (Å²) in [5, 5.41) is 0.743. The topological polar surface area (TPSA) is 0 Å². The molecular weight excluding hydrogens is 307 g/mol. The van der Waals surface area contributed by atoms with Crippen LogP contribution in [0.3, 0.4) is 0 Å². The monoisotopic (exact) mass is 314 g/mol. The Morgan fingerprint density at radius 1 is 0.938 bits per heavy atom. The van der Waals surface area contributed by atoms with Crippen LogP contribution < -0.4 is 0 Å². The van der Waals surface area contributed by atoms with Crippen molar-refractivity contribution in [1.82, 2.24) is 0 Å². The van der Waals surface area contributed by atoms with Crippen LogP contribution in [-0.4, -0.2) is 0 Å². The molecule has 0 aromatic heterocycles. The van der Waals surface area contributed by atoms with Gasteiger partial charge in [0.1, 0.15) is 0 Å². The van der Waals surface area contributed by atoms with Gasteiger partial charge >= 0.3 is 0 Å². The summed E-state index contributed by atoms with van der Waals surface area (Å²) < 4.78 is 1.01. The standard InChI is InChI=1S/C13H9BrCl2/c14-12-6-3-5-9(11(12)8-15)10-4-1-2-7-13(10)16/h1-7H,8H2. The second-order valence-corrected chi connectivity index (χ2v) is 4.91. The molecule has 0 spiro atoms. The summed E-state index contributed by atoms with van der Waals surface area (Å²) in [6.07, 6.45) is 0. The maximum absolute atomic E-state index is 6.18. The highest BCUT2D eigenvalue weighted by atomic mass is 79.9. The molecule has 0 aliphatic heterocycles. The third-order valence-corrected chi connectivity index (χ3v) is 3.76. The number of hydrogen-bond donors (Lipinski definition) is 0. The van der Waals surface area contributed by atoms with Gasteiger partial charge in [-0.15, -0.1) is 11.6 Å². The first-order valence-electron chi connectivity index (χ1n) is 4.82. The number of alkyl halides is 1. The van der Waals surface area contributed by atoms with Gasteiger partial charge in [-0.05, 0) is 23.3 Å². The van der Waals surface area contributed by atoms with Gasteiger partial charge in [0.05, 0.1) is 0 Å². The predicted molar refractivity (Wildman–Crippen MR) is 74.1 cm³/mol. The van der Waals surface area contributed by atoms with E-state index in [0.29, 0.717) is 5.88 Å². The molecule has 0 atom stereocenters. The predicted octanol–water partition coefficient (Wildman–Crippen LogP) is 5.51. The Balaban J connectivity index is 2.65. The highest BCUT2D eigenvalue weighted by Gasteiger charge is 2.09. The summed E-state index contributed by atoms with van der Waals surface area (Å²) >= 11 is 15.6. The number of rotatable bonds is 2. The van der Waals surface area contributed by atoms with E-state index in [4.69, 9.17) is 23.2 Å². The molecule has 82 valence electrons. The second-order valence-electron chi connectivity index (χ2n) is 3.38. The van der Waals surface area contributed by atoms with Gasteiger partial charge < -0.3 is 0 Å². The molecule has 2 aromatic rings. The number of halogens is 3. The first-order valence-corrected chi connectivity index (χ1v) is 6.53. The minimum atomic E-state index is 0.460. The first kappa shape index (κ1) is 12.0.